The lowest BCUT2D eigenvalue weighted by Crippen LogP contribution is -2.31. The molecule has 2 aromatic rings. The number of aromatic hydroxyl groups is 2. The molecule has 1 aliphatic rings. The van der Waals surface area contributed by atoms with Crippen molar-refractivity contribution >= 4 is 0 Å². The van der Waals surface area contributed by atoms with Gasteiger partial charge < -0.3 is 10.2 Å². The van der Waals surface area contributed by atoms with Gasteiger partial charge in [0.05, 0.1) is 0 Å². The lowest BCUT2D eigenvalue weighted by molar-refractivity contribution is 0.239. The van der Waals surface area contributed by atoms with Crippen LogP contribution >= 0.6 is 0 Å². The molecule has 5 heteroatoms. The van der Waals surface area contributed by atoms with Crippen LogP contribution in [0.1, 0.15) is 36.0 Å². The third-order valence-electron chi connectivity index (χ3n) is 3.99. The van der Waals surface area contributed by atoms with E-state index < -0.39 is 0 Å². The molecule has 5 nitrogen and oxygen atoms in total. The van der Waals surface area contributed by atoms with Crippen LogP contribution in [0, 0.1) is 0 Å². The minimum Gasteiger partial charge on any atom is -0.508 e. The van der Waals surface area contributed by atoms with E-state index in [9.17, 15) is 10.2 Å². The Morgan fingerprint density at radius 1 is 1.27 bits per heavy atom. The topological polar surface area (TPSA) is 69.5 Å². The van der Waals surface area contributed by atoms with E-state index >= 15 is 0 Å². The average Bonchev–Trinajstić information content (AvgIpc) is 2.51. The quantitative estimate of drug-likeness (QED) is 0.848. The van der Waals surface area contributed by atoms with E-state index in [2.05, 4.69) is 21.8 Å². The van der Waals surface area contributed by atoms with E-state index in [-0.39, 0.29) is 11.5 Å². The Morgan fingerprint density at radius 2 is 2.14 bits per heavy atom. The molecule has 22 heavy (non-hydrogen) atoms. The molecule has 1 aromatic heterocycles. The van der Waals surface area contributed by atoms with Gasteiger partial charge in [-0.2, -0.15) is 0 Å². The van der Waals surface area contributed by atoms with Gasteiger partial charge in [0.25, 0.3) is 0 Å². The molecule has 116 valence electrons. The van der Waals surface area contributed by atoms with Gasteiger partial charge >= 0.3 is 0 Å². The Kier molecular flexibility index (Phi) is 4.24. The molecular weight excluding hydrogens is 278 g/mol. The fraction of sp³-hybridized carbons (Fsp3) is 0.412. The van der Waals surface area contributed by atoms with Crippen LogP contribution in [-0.2, 0) is 25.9 Å². The second kappa shape index (κ2) is 6.32. The normalized spacial score (nSPS) is 14.8. The van der Waals surface area contributed by atoms with Crippen molar-refractivity contribution in [2.45, 2.75) is 39.3 Å². The zero-order valence-corrected chi connectivity index (χ0v) is 12.8. The Morgan fingerprint density at radius 3 is 2.95 bits per heavy atom. The second-order valence-corrected chi connectivity index (χ2v) is 5.78. The number of phenolic OH excluding ortho intramolecular Hbond substituents is 2. The van der Waals surface area contributed by atoms with E-state index in [1.54, 1.807) is 6.07 Å². The molecule has 0 aliphatic carbocycles. The van der Waals surface area contributed by atoms with Crippen molar-refractivity contribution < 1.29 is 10.2 Å². The number of fused-ring (bicyclic) bond motifs is 1. The first kappa shape index (κ1) is 14.8. The summed E-state index contributed by atoms with van der Waals surface area (Å²) in [5.41, 5.74) is 3.05. The minimum absolute atomic E-state index is 0.178. The average molecular weight is 299 g/mol. The first-order chi connectivity index (χ1) is 10.7. The predicted molar refractivity (Wildman–Crippen MR) is 83.6 cm³/mol. The zero-order valence-electron chi connectivity index (χ0n) is 12.8. The van der Waals surface area contributed by atoms with Gasteiger partial charge in [-0.15, -0.1) is 0 Å². The number of nitrogens with zero attached hydrogens (tertiary/aromatic N) is 3. The maximum Gasteiger partial charge on any atom is 0.128 e. The maximum atomic E-state index is 9.89. The summed E-state index contributed by atoms with van der Waals surface area (Å²) in [6, 6.07) is 4.64. The highest BCUT2D eigenvalue weighted by Gasteiger charge is 2.19. The van der Waals surface area contributed by atoms with Crippen molar-refractivity contribution in [1.82, 2.24) is 14.9 Å². The number of aromatic nitrogens is 2. The molecule has 0 unspecified atom stereocenters. The van der Waals surface area contributed by atoms with Crippen LogP contribution in [0.2, 0.25) is 0 Å². The summed E-state index contributed by atoms with van der Waals surface area (Å²) in [7, 11) is 0. The first-order valence-electron chi connectivity index (χ1n) is 7.72. The molecular formula is C17H21N3O2. The Hall–Kier alpha value is -2.14. The first-order valence-corrected chi connectivity index (χ1v) is 7.72. The van der Waals surface area contributed by atoms with Crippen LogP contribution in [-0.4, -0.2) is 31.6 Å². The molecule has 0 radical (unpaired) electrons. The third kappa shape index (κ3) is 3.20. The molecule has 1 aromatic carbocycles. The van der Waals surface area contributed by atoms with E-state index in [0.717, 1.165) is 55.0 Å². The Balaban J connectivity index is 1.73. The van der Waals surface area contributed by atoms with Gasteiger partial charge in [-0.3, -0.25) is 4.90 Å². The molecule has 0 amide bonds. The molecule has 2 N–H and O–H groups in total. The lowest BCUT2D eigenvalue weighted by Gasteiger charge is -2.28. The summed E-state index contributed by atoms with van der Waals surface area (Å²) in [6.07, 6.45) is 4.81. The van der Waals surface area contributed by atoms with Gasteiger partial charge in [-0.1, -0.05) is 6.92 Å². The molecule has 0 bridgehead atoms. The summed E-state index contributed by atoms with van der Waals surface area (Å²) >= 11 is 0. The molecule has 0 atom stereocenters. The second-order valence-electron chi connectivity index (χ2n) is 5.78. The zero-order chi connectivity index (χ0) is 15.5. The van der Waals surface area contributed by atoms with E-state index in [0.29, 0.717) is 6.54 Å². The van der Waals surface area contributed by atoms with Crippen molar-refractivity contribution in [3.63, 3.8) is 0 Å². The van der Waals surface area contributed by atoms with Crippen LogP contribution in [0.5, 0.6) is 11.5 Å². The number of benzene rings is 1. The molecule has 2 heterocycles. The van der Waals surface area contributed by atoms with Crippen molar-refractivity contribution in [1.29, 1.82) is 0 Å². The molecule has 3 rings (SSSR count). The van der Waals surface area contributed by atoms with Gasteiger partial charge in [-0.05, 0) is 24.6 Å². The number of aryl methyl sites for hydroxylation is 1. The van der Waals surface area contributed by atoms with Crippen LogP contribution in [0.4, 0.5) is 0 Å². The lowest BCUT2D eigenvalue weighted by atomic mass is 10.1. The number of hydrogen-bond acceptors (Lipinski definition) is 5. The summed E-state index contributed by atoms with van der Waals surface area (Å²) < 4.78 is 0. The predicted octanol–water partition coefficient (Wildman–Crippen LogP) is 2.40. The highest BCUT2D eigenvalue weighted by molar-refractivity contribution is 5.38. The SMILES string of the molecule is CCCc1ncc2c(n1)CCN(Cc1cc(O)ccc1O)C2. The fourth-order valence-corrected chi connectivity index (χ4v) is 2.83. The number of rotatable bonds is 4. The van der Waals surface area contributed by atoms with Crippen molar-refractivity contribution in [3.8, 4) is 11.5 Å². The highest BCUT2D eigenvalue weighted by atomic mass is 16.3. The van der Waals surface area contributed by atoms with Crippen LogP contribution in [0.3, 0.4) is 0 Å². The van der Waals surface area contributed by atoms with Crippen LogP contribution in [0.25, 0.3) is 0 Å². The van der Waals surface area contributed by atoms with Crippen molar-refractivity contribution in [2.75, 3.05) is 6.54 Å². The van der Waals surface area contributed by atoms with Crippen molar-refractivity contribution in [2.24, 2.45) is 0 Å². The summed E-state index contributed by atoms with van der Waals surface area (Å²) in [4.78, 5) is 11.3. The molecule has 0 spiro atoms. The molecule has 0 saturated carbocycles. The largest absolute Gasteiger partial charge is 0.508 e. The summed E-state index contributed by atoms with van der Waals surface area (Å²) in [5.74, 6) is 1.33. The Labute approximate surface area is 130 Å². The standard InChI is InChI=1S/C17H21N3O2/c1-2-3-17-18-9-13-11-20(7-6-15(13)19-17)10-12-8-14(21)4-5-16(12)22/h4-5,8-9,21-22H,2-3,6-7,10-11H2,1H3. The van der Waals surface area contributed by atoms with Crippen molar-refractivity contribution in [3.05, 3.63) is 47.0 Å². The van der Waals surface area contributed by atoms with Gasteiger partial charge in [0.15, 0.2) is 0 Å². The Bertz CT molecular complexity index is 673. The smallest absolute Gasteiger partial charge is 0.128 e. The maximum absolute atomic E-state index is 9.89. The van der Waals surface area contributed by atoms with Gasteiger partial charge in [-0.25, -0.2) is 9.97 Å². The monoisotopic (exact) mass is 299 g/mol. The molecule has 0 saturated heterocycles. The van der Waals surface area contributed by atoms with Gasteiger partial charge in [0, 0.05) is 55.5 Å². The van der Waals surface area contributed by atoms with Gasteiger partial charge in [0.2, 0.25) is 0 Å². The van der Waals surface area contributed by atoms with E-state index in [1.807, 2.05) is 6.20 Å². The highest BCUT2D eigenvalue weighted by Crippen LogP contribution is 2.26. The minimum atomic E-state index is 0.178. The number of hydrogen-bond donors (Lipinski definition) is 2. The molecule has 1 aliphatic heterocycles. The summed E-state index contributed by atoms with van der Waals surface area (Å²) in [6.45, 7) is 4.41. The van der Waals surface area contributed by atoms with E-state index in [1.165, 1.54) is 12.1 Å². The van der Waals surface area contributed by atoms with E-state index in [4.69, 9.17) is 0 Å². The van der Waals surface area contributed by atoms with Crippen LogP contribution in [0.15, 0.2) is 24.4 Å². The fourth-order valence-electron chi connectivity index (χ4n) is 2.83. The summed E-state index contributed by atoms with van der Waals surface area (Å²) in [5, 5.41) is 19.5. The third-order valence-corrected chi connectivity index (χ3v) is 3.99. The van der Waals surface area contributed by atoms with Gasteiger partial charge in [0.1, 0.15) is 17.3 Å². The molecule has 0 fully saturated rings. The number of phenols is 2. The van der Waals surface area contributed by atoms with Crippen LogP contribution < -0.4 is 0 Å².